The van der Waals surface area contributed by atoms with E-state index >= 15 is 0 Å². The Kier molecular flexibility index (Phi) is 6.82. The van der Waals surface area contributed by atoms with Crippen LogP contribution < -0.4 is 5.32 Å². The number of carbonyl (C=O) groups is 1. The van der Waals surface area contributed by atoms with E-state index in [2.05, 4.69) is 17.2 Å². The Balaban J connectivity index is 1.54. The minimum absolute atomic E-state index is 0.00211. The smallest absolute Gasteiger partial charge is 0.252 e. The maximum Gasteiger partial charge on any atom is 0.252 e. The number of nitrogens with zero attached hydrogens (tertiary/aromatic N) is 3. The van der Waals surface area contributed by atoms with Gasteiger partial charge in [0.05, 0.1) is 27.8 Å². The van der Waals surface area contributed by atoms with Crippen molar-refractivity contribution in [1.29, 1.82) is 0 Å². The molecule has 1 aromatic carbocycles. The molecule has 1 unspecified atom stereocenters. The van der Waals surface area contributed by atoms with E-state index in [9.17, 15) is 13.2 Å². The number of piperidine rings is 1. The maximum atomic E-state index is 13.4. The van der Waals surface area contributed by atoms with Gasteiger partial charge in [0.1, 0.15) is 0 Å². The van der Waals surface area contributed by atoms with E-state index in [1.165, 1.54) is 0 Å². The molecular weight excluding hydrogens is 464 g/mol. The minimum Gasteiger partial charge on any atom is -0.376 e. The second-order valence-electron chi connectivity index (χ2n) is 9.41. The van der Waals surface area contributed by atoms with Gasteiger partial charge in [0.15, 0.2) is 0 Å². The van der Waals surface area contributed by atoms with Gasteiger partial charge >= 0.3 is 0 Å². The lowest BCUT2D eigenvalue weighted by Gasteiger charge is -2.29. The van der Waals surface area contributed by atoms with Crippen LogP contribution in [0.1, 0.15) is 43.0 Å². The summed E-state index contributed by atoms with van der Waals surface area (Å²) in [6.07, 6.45) is 6.97. The van der Waals surface area contributed by atoms with Crippen LogP contribution in [-0.2, 0) is 14.8 Å². The number of hydrogen-bond acceptors (Lipinski definition) is 6. The van der Waals surface area contributed by atoms with E-state index in [1.807, 2.05) is 12.1 Å². The lowest BCUT2D eigenvalue weighted by molar-refractivity contribution is 0.0859. The third-order valence-corrected chi connectivity index (χ3v) is 8.77. The molecule has 2 aliphatic heterocycles. The van der Waals surface area contributed by atoms with E-state index in [4.69, 9.17) is 9.72 Å². The molecule has 0 aliphatic carbocycles. The molecule has 9 heteroatoms. The van der Waals surface area contributed by atoms with Gasteiger partial charge < -0.3 is 10.1 Å². The molecule has 35 heavy (non-hydrogen) atoms. The molecule has 8 nitrogen and oxygen atoms in total. The Morgan fingerprint density at radius 1 is 1.17 bits per heavy atom. The number of sulfonamides is 1. The Hall–Kier alpha value is -2.88. The molecule has 1 N–H and O–H groups in total. The summed E-state index contributed by atoms with van der Waals surface area (Å²) in [6.45, 7) is 4.28. The normalized spacial score (nSPS) is 19.7. The monoisotopic (exact) mass is 494 g/mol. The van der Waals surface area contributed by atoms with Crippen LogP contribution >= 0.6 is 0 Å². The summed E-state index contributed by atoms with van der Waals surface area (Å²) < 4.78 is 34.0. The molecule has 2 fully saturated rings. The average Bonchev–Trinajstić information content (AvgIpc) is 3.41. The molecule has 0 spiro atoms. The molecule has 2 aliphatic rings. The molecule has 0 radical (unpaired) electrons. The highest BCUT2D eigenvalue weighted by molar-refractivity contribution is 7.89. The number of pyridine rings is 2. The zero-order valence-electron chi connectivity index (χ0n) is 19.8. The number of amides is 1. The van der Waals surface area contributed by atoms with Gasteiger partial charge in [-0.2, -0.15) is 4.31 Å². The predicted octanol–water partition coefficient (Wildman–Crippen LogP) is 3.63. The third kappa shape index (κ3) is 5.07. The number of hydrogen-bond donors (Lipinski definition) is 1. The molecule has 4 heterocycles. The molecule has 2 saturated heterocycles. The first-order valence-corrected chi connectivity index (χ1v) is 13.6. The van der Waals surface area contributed by atoms with Gasteiger partial charge in [-0.25, -0.2) is 13.4 Å². The topological polar surface area (TPSA) is 101 Å². The molecule has 0 saturated carbocycles. The van der Waals surface area contributed by atoms with Crippen LogP contribution in [0, 0.1) is 5.92 Å². The number of rotatable bonds is 6. The van der Waals surface area contributed by atoms with Gasteiger partial charge in [-0.05, 0) is 68.0 Å². The Bertz CT molecular complexity index is 1320. The van der Waals surface area contributed by atoms with Crippen molar-refractivity contribution in [2.24, 2.45) is 5.92 Å². The van der Waals surface area contributed by atoms with Crippen LogP contribution in [0.15, 0.2) is 53.7 Å². The van der Waals surface area contributed by atoms with Crippen LogP contribution in [0.3, 0.4) is 0 Å². The standard InChI is InChI=1S/C26H30N4O4S/c1-18-8-11-30(12-9-18)35(32,33)21-6-7-24-22(14-21)23(26(31)28-17-20-5-3-13-34-20)15-25(29-24)19-4-2-10-27-16-19/h2,4,6-7,10,14-16,18,20H,3,5,8-9,11-13,17H2,1H3,(H,28,31). The second-order valence-corrected chi connectivity index (χ2v) is 11.3. The van der Waals surface area contributed by atoms with E-state index in [0.717, 1.165) is 31.2 Å². The number of fused-ring (bicyclic) bond motifs is 1. The summed E-state index contributed by atoms with van der Waals surface area (Å²) in [5.41, 5.74) is 2.33. The fraction of sp³-hybridized carbons (Fsp3) is 0.423. The first kappa shape index (κ1) is 23.8. The summed E-state index contributed by atoms with van der Waals surface area (Å²) in [7, 11) is -3.66. The van der Waals surface area contributed by atoms with E-state index in [1.54, 1.807) is 41.0 Å². The molecule has 1 amide bonds. The first-order valence-electron chi connectivity index (χ1n) is 12.2. The lowest BCUT2D eigenvalue weighted by atomic mass is 10.0. The van der Waals surface area contributed by atoms with Crippen LogP contribution in [0.25, 0.3) is 22.2 Å². The van der Waals surface area contributed by atoms with Gasteiger partial charge in [0, 0.05) is 49.6 Å². The van der Waals surface area contributed by atoms with Crippen LogP contribution in [0.4, 0.5) is 0 Å². The zero-order valence-corrected chi connectivity index (χ0v) is 20.6. The average molecular weight is 495 g/mol. The highest BCUT2D eigenvalue weighted by atomic mass is 32.2. The SMILES string of the molecule is CC1CCN(S(=O)(=O)c2ccc3nc(-c4cccnc4)cc(C(=O)NCC4CCCO4)c3c2)CC1. The molecule has 184 valence electrons. The van der Waals surface area contributed by atoms with Gasteiger partial charge in [0.2, 0.25) is 10.0 Å². The number of ether oxygens (including phenoxy) is 1. The van der Waals surface area contributed by atoms with Crippen LogP contribution in [-0.4, -0.2) is 60.9 Å². The number of aromatic nitrogens is 2. The highest BCUT2D eigenvalue weighted by Gasteiger charge is 2.29. The van der Waals surface area contributed by atoms with Crippen molar-refractivity contribution >= 4 is 26.8 Å². The third-order valence-electron chi connectivity index (χ3n) is 6.88. The van der Waals surface area contributed by atoms with Crippen molar-refractivity contribution in [3.05, 3.63) is 54.4 Å². The second kappa shape index (κ2) is 10.0. The fourth-order valence-electron chi connectivity index (χ4n) is 4.70. The summed E-state index contributed by atoms with van der Waals surface area (Å²) in [5.74, 6) is 0.242. The van der Waals surface area contributed by atoms with E-state index in [0.29, 0.717) is 54.3 Å². The zero-order chi connectivity index (χ0) is 24.4. The predicted molar refractivity (Wildman–Crippen MR) is 133 cm³/mol. The fourth-order valence-corrected chi connectivity index (χ4v) is 6.19. The van der Waals surface area contributed by atoms with Crippen molar-refractivity contribution in [2.75, 3.05) is 26.2 Å². The van der Waals surface area contributed by atoms with Gasteiger partial charge in [-0.3, -0.25) is 9.78 Å². The van der Waals surface area contributed by atoms with Crippen LogP contribution in [0.2, 0.25) is 0 Å². The Morgan fingerprint density at radius 2 is 2.00 bits per heavy atom. The summed E-state index contributed by atoms with van der Waals surface area (Å²) in [5, 5.41) is 3.48. The Labute approximate surface area is 205 Å². The van der Waals surface area contributed by atoms with Crippen LogP contribution in [0.5, 0.6) is 0 Å². The maximum absolute atomic E-state index is 13.4. The van der Waals surface area contributed by atoms with Crippen molar-refractivity contribution in [1.82, 2.24) is 19.6 Å². The quantitative estimate of drug-likeness (QED) is 0.562. The molecule has 1 atom stereocenters. The van der Waals surface area contributed by atoms with Crippen molar-refractivity contribution in [2.45, 2.75) is 43.6 Å². The van der Waals surface area contributed by atoms with E-state index < -0.39 is 10.0 Å². The molecule has 5 rings (SSSR count). The van der Waals surface area contributed by atoms with E-state index in [-0.39, 0.29) is 16.9 Å². The number of nitrogens with one attached hydrogen (secondary N) is 1. The summed E-state index contributed by atoms with van der Waals surface area (Å²) in [4.78, 5) is 22.4. The largest absolute Gasteiger partial charge is 0.376 e. The van der Waals surface area contributed by atoms with Gasteiger partial charge in [-0.1, -0.05) is 6.92 Å². The first-order chi connectivity index (χ1) is 16.9. The van der Waals surface area contributed by atoms with Crippen molar-refractivity contribution < 1.29 is 17.9 Å². The molecule has 3 aromatic rings. The highest BCUT2D eigenvalue weighted by Crippen LogP contribution is 2.29. The molecular formula is C26H30N4O4S. The lowest BCUT2D eigenvalue weighted by Crippen LogP contribution is -2.37. The number of carbonyl (C=O) groups excluding carboxylic acids is 1. The summed E-state index contributed by atoms with van der Waals surface area (Å²) in [6, 6.07) is 10.3. The Morgan fingerprint density at radius 3 is 2.71 bits per heavy atom. The van der Waals surface area contributed by atoms with Gasteiger partial charge in [0.25, 0.3) is 5.91 Å². The van der Waals surface area contributed by atoms with Crippen molar-refractivity contribution in [3.63, 3.8) is 0 Å². The molecule has 2 aromatic heterocycles. The minimum atomic E-state index is -3.66. The summed E-state index contributed by atoms with van der Waals surface area (Å²) >= 11 is 0. The van der Waals surface area contributed by atoms with Crippen molar-refractivity contribution in [3.8, 4) is 11.3 Å². The van der Waals surface area contributed by atoms with Gasteiger partial charge in [-0.15, -0.1) is 0 Å². The molecule has 0 bridgehead atoms. The number of benzene rings is 1.